The molecule has 0 amide bonds. The summed E-state index contributed by atoms with van der Waals surface area (Å²) < 4.78 is 25.1. The Bertz CT molecular complexity index is 1130. The van der Waals surface area contributed by atoms with Crippen LogP contribution in [0, 0.1) is 0 Å². The number of para-hydroxylation sites is 1. The van der Waals surface area contributed by atoms with E-state index in [1.807, 2.05) is 18.2 Å². The summed E-state index contributed by atoms with van der Waals surface area (Å²) in [6.07, 6.45) is 6.71. The number of nitrogens with zero attached hydrogens (tertiary/aromatic N) is 1. The van der Waals surface area contributed by atoms with Crippen LogP contribution in [0.25, 0.3) is 0 Å². The summed E-state index contributed by atoms with van der Waals surface area (Å²) in [5.41, 5.74) is 1.42. The SMILES string of the molecule is CCN1/C(=C/C=C/C=C2/C(=O)c3ccccc3S2(=O)=O)Sc2ccccc21. The summed E-state index contributed by atoms with van der Waals surface area (Å²) in [5, 5.41) is 1.07. The first-order valence-electron chi connectivity index (χ1n) is 8.56. The first-order valence-corrected chi connectivity index (χ1v) is 10.9. The van der Waals surface area contributed by atoms with E-state index in [1.54, 1.807) is 42.1 Å². The van der Waals surface area contributed by atoms with Crippen molar-refractivity contribution in [1.29, 1.82) is 0 Å². The average Bonchev–Trinajstić information content (AvgIpc) is 3.12. The largest absolute Gasteiger partial charge is 0.335 e. The van der Waals surface area contributed by atoms with Crippen LogP contribution >= 0.6 is 11.8 Å². The third-order valence-electron chi connectivity index (χ3n) is 4.48. The van der Waals surface area contributed by atoms with Gasteiger partial charge in [-0.15, -0.1) is 0 Å². The minimum Gasteiger partial charge on any atom is -0.335 e. The van der Waals surface area contributed by atoms with Gasteiger partial charge in [0.1, 0.15) is 4.91 Å². The van der Waals surface area contributed by atoms with Crippen molar-refractivity contribution in [3.8, 4) is 0 Å². The first-order chi connectivity index (χ1) is 13.0. The fourth-order valence-electron chi connectivity index (χ4n) is 3.21. The van der Waals surface area contributed by atoms with Gasteiger partial charge in [-0.3, -0.25) is 4.79 Å². The number of carbonyl (C=O) groups is 1. The molecule has 0 saturated carbocycles. The highest BCUT2D eigenvalue weighted by atomic mass is 32.2. The maximum atomic E-state index is 12.5. The number of sulfone groups is 1. The van der Waals surface area contributed by atoms with Crippen LogP contribution < -0.4 is 4.90 Å². The molecule has 2 heterocycles. The van der Waals surface area contributed by atoms with Gasteiger partial charge in [0, 0.05) is 17.0 Å². The fraction of sp³-hybridized carbons (Fsp3) is 0.0952. The van der Waals surface area contributed by atoms with Gasteiger partial charge in [0.05, 0.1) is 15.6 Å². The molecular formula is C21H17NO3S2. The summed E-state index contributed by atoms with van der Waals surface area (Å²) in [4.78, 5) is 15.7. The Morgan fingerprint density at radius 1 is 1.00 bits per heavy atom. The van der Waals surface area contributed by atoms with Crippen molar-refractivity contribution in [1.82, 2.24) is 0 Å². The predicted octanol–water partition coefficient (Wildman–Crippen LogP) is 4.57. The fourth-order valence-corrected chi connectivity index (χ4v) is 5.91. The Morgan fingerprint density at radius 3 is 2.48 bits per heavy atom. The van der Waals surface area contributed by atoms with Gasteiger partial charge in [-0.05, 0) is 43.3 Å². The minimum atomic E-state index is -3.73. The van der Waals surface area contributed by atoms with Crippen LogP contribution in [0.3, 0.4) is 0 Å². The third-order valence-corrected chi connectivity index (χ3v) is 7.45. The highest BCUT2D eigenvalue weighted by molar-refractivity contribution is 8.03. The second-order valence-corrected chi connectivity index (χ2v) is 9.01. The van der Waals surface area contributed by atoms with E-state index in [1.165, 1.54) is 22.7 Å². The van der Waals surface area contributed by atoms with Crippen LogP contribution in [0.4, 0.5) is 5.69 Å². The summed E-state index contributed by atoms with van der Waals surface area (Å²) in [5.74, 6) is -0.444. The topological polar surface area (TPSA) is 54.5 Å². The first kappa shape index (κ1) is 17.8. The molecule has 27 heavy (non-hydrogen) atoms. The zero-order valence-corrected chi connectivity index (χ0v) is 16.3. The number of thioether (sulfide) groups is 1. The third kappa shape index (κ3) is 2.95. The maximum Gasteiger partial charge on any atom is 0.211 e. The number of ketones is 1. The Labute approximate surface area is 162 Å². The smallest absolute Gasteiger partial charge is 0.211 e. The number of hydrogen-bond acceptors (Lipinski definition) is 5. The molecule has 0 aromatic heterocycles. The Balaban J connectivity index is 1.60. The number of fused-ring (bicyclic) bond motifs is 2. The number of hydrogen-bond donors (Lipinski definition) is 0. The number of Topliss-reactive ketones (excluding diaryl/α,β-unsaturated/α-hetero) is 1. The zero-order valence-electron chi connectivity index (χ0n) is 14.6. The number of carbonyl (C=O) groups excluding carboxylic acids is 1. The number of anilines is 1. The predicted molar refractivity (Wildman–Crippen MR) is 109 cm³/mol. The summed E-state index contributed by atoms with van der Waals surface area (Å²) in [6.45, 7) is 2.93. The Morgan fingerprint density at radius 2 is 1.70 bits per heavy atom. The van der Waals surface area contributed by atoms with Gasteiger partial charge < -0.3 is 4.90 Å². The average molecular weight is 396 g/mol. The van der Waals surface area contributed by atoms with Gasteiger partial charge in [-0.1, -0.05) is 48.2 Å². The van der Waals surface area contributed by atoms with Crippen molar-refractivity contribution in [2.75, 3.05) is 11.4 Å². The van der Waals surface area contributed by atoms with Crippen LogP contribution in [-0.2, 0) is 9.84 Å². The van der Waals surface area contributed by atoms with Crippen LogP contribution in [0.2, 0.25) is 0 Å². The second-order valence-electron chi connectivity index (χ2n) is 6.06. The van der Waals surface area contributed by atoms with Crippen molar-refractivity contribution in [2.24, 2.45) is 0 Å². The standard InChI is InChI=1S/C21H17NO3S2/c1-2-22-16-10-4-5-11-17(16)26-20(22)14-8-7-13-19-21(23)15-9-3-6-12-18(15)27(19,24)25/h3-14H,2H2,1H3/b8-7+,19-13-,20-14-. The molecule has 0 bridgehead atoms. The van der Waals surface area contributed by atoms with E-state index in [4.69, 9.17) is 0 Å². The highest BCUT2D eigenvalue weighted by Gasteiger charge is 2.38. The number of allylic oxidation sites excluding steroid dienone is 5. The number of rotatable bonds is 3. The summed E-state index contributed by atoms with van der Waals surface area (Å²) >= 11 is 1.67. The van der Waals surface area contributed by atoms with Crippen molar-refractivity contribution in [3.05, 3.63) is 88.3 Å². The second kappa shape index (κ2) is 6.87. The maximum absolute atomic E-state index is 12.5. The van der Waals surface area contributed by atoms with E-state index >= 15 is 0 Å². The van der Waals surface area contributed by atoms with E-state index < -0.39 is 15.6 Å². The van der Waals surface area contributed by atoms with Crippen molar-refractivity contribution < 1.29 is 13.2 Å². The quantitative estimate of drug-likeness (QED) is 0.713. The molecule has 2 aromatic carbocycles. The molecule has 0 radical (unpaired) electrons. The van der Waals surface area contributed by atoms with Crippen LogP contribution in [0.15, 0.2) is 92.6 Å². The molecule has 0 spiro atoms. The van der Waals surface area contributed by atoms with Gasteiger partial charge in [0.15, 0.2) is 0 Å². The molecule has 4 nitrogen and oxygen atoms in total. The van der Waals surface area contributed by atoms with Gasteiger partial charge >= 0.3 is 0 Å². The molecule has 2 aliphatic rings. The lowest BCUT2D eigenvalue weighted by Gasteiger charge is -2.17. The number of benzene rings is 2. The van der Waals surface area contributed by atoms with Gasteiger partial charge in [0.25, 0.3) is 0 Å². The van der Waals surface area contributed by atoms with E-state index in [0.717, 1.165) is 11.6 Å². The molecule has 0 N–H and O–H groups in total. The Kier molecular flexibility index (Phi) is 4.53. The van der Waals surface area contributed by atoms with Gasteiger partial charge in [0.2, 0.25) is 15.6 Å². The molecular weight excluding hydrogens is 378 g/mol. The monoisotopic (exact) mass is 395 g/mol. The molecule has 2 aliphatic heterocycles. The minimum absolute atomic E-state index is 0.0898. The highest BCUT2D eigenvalue weighted by Crippen LogP contribution is 2.45. The van der Waals surface area contributed by atoms with Crippen molar-refractivity contribution in [2.45, 2.75) is 16.7 Å². The van der Waals surface area contributed by atoms with E-state index in [9.17, 15) is 13.2 Å². The van der Waals surface area contributed by atoms with Crippen molar-refractivity contribution in [3.63, 3.8) is 0 Å². The lowest BCUT2D eigenvalue weighted by atomic mass is 10.1. The Hall–Kier alpha value is -2.57. The molecule has 0 atom stereocenters. The van der Waals surface area contributed by atoms with Gasteiger partial charge in [-0.25, -0.2) is 8.42 Å². The van der Waals surface area contributed by atoms with E-state index in [2.05, 4.69) is 24.0 Å². The van der Waals surface area contributed by atoms with Crippen LogP contribution in [0.5, 0.6) is 0 Å². The van der Waals surface area contributed by atoms with Crippen molar-refractivity contribution >= 4 is 33.1 Å². The summed E-state index contributed by atoms with van der Waals surface area (Å²) in [7, 11) is -3.73. The lowest BCUT2D eigenvalue weighted by Crippen LogP contribution is -2.16. The van der Waals surface area contributed by atoms with Crippen LogP contribution in [0.1, 0.15) is 17.3 Å². The zero-order chi connectivity index (χ0) is 19.0. The summed E-state index contributed by atoms with van der Waals surface area (Å²) in [6, 6.07) is 14.5. The molecule has 0 aliphatic carbocycles. The molecule has 0 fully saturated rings. The molecule has 4 rings (SSSR count). The molecule has 0 unspecified atom stereocenters. The lowest BCUT2D eigenvalue weighted by molar-refractivity contribution is 0.104. The molecule has 2 aromatic rings. The van der Waals surface area contributed by atoms with Gasteiger partial charge in [-0.2, -0.15) is 0 Å². The van der Waals surface area contributed by atoms with Crippen LogP contribution in [-0.4, -0.2) is 20.7 Å². The van der Waals surface area contributed by atoms with E-state index in [0.29, 0.717) is 0 Å². The molecule has 6 heteroatoms. The van der Waals surface area contributed by atoms with E-state index in [-0.39, 0.29) is 15.4 Å². The molecule has 136 valence electrons. The molecule has 0 saturated heterocycles. The normalized spacial score (nSPS) is 20.6.